The van der Waals surface area contributed by atoms with Crippen molar-refractivity contribution in [2.24, 2.45) is 11.3 Å². The summed E-state index contributed by atoms with van der Waals surface area (Å²) < 4.78 is 5.47. The molecule has 1 atom stereocenters. The summed E-state index contributed by atoms with van der Waals surface area (Å²) in [7, 11) is 1.72. The molecule has 20 heavy (non-hydrogen) atoms. The van der Waals surface area contributed by atoms with Crippen LogP contribution in [0.1, 0.15) is 39.7 Å². The van der Waals surface area contributed by atoms with Crippen LogP contribution in [0.25, 0.3) is 0 Å². The fourth-order valence-electron chi connectivity index (χ4n) is 2.34. The number of hydrogen-bond donors (Lipinski definition) is 1. The van der Waals surface area contributed by atoms with Crippen molar-refractivity contribution in [2.45, 2.75) is 40.5 Å². The third-order valence-corrected chi connectivity index (χ3v) is 4.42. The first-order valence-corrected chi connectivity index (χ1v) is 7.84. The van der Waals surface area contributed by atoms with Crippen LogP contribution < -0.4 is 10.1 Å². The van der Waals surface area contributed by atoms with E-state index in [1.807, 2.05) is 18.2 Å². The summed E-state index contributed by atoms with van der Waals surface area (Å²) in [5.41, 5.74) is 1.38. The molecule has 1 unspecified atom stereocenters. The van der Waals surface area contributed by atoms with Gasteiger partial charge in [-0.3, -0.25) is 0 Å². The fraction of sp³-hybridized carbons (Fsp3) is 0.647. The SMILES string of the molecule is CCCNCC(C)(Cc1cc(Cl)ccc1OC)C(C)C. The molecule has 0 saturated carbocycles. The Morgan fingerprint density at radius 1 is 1.35 bits per heavy atom. The smallest absolute Gasteiger partial charge is 0.122 e. The number of benzene rings is 1. The van der Waals surface area contributed by atoms with Crippen molar-refractivity contribution < 1.29 is 4.74 Å². The number of ether oxygens (including phenoxy) is 1. The number of rotatable bonds is 8. The lowest BCUT2D eigenvalue weighted by Crippen LogP contribution is -2.38. The lowest BCUT2D eigenvalue weighted by Gasteiger charge is -2.35. The molecule has 0 radical (unpaired) electrons. The summed E-state index contributed by atoms with van der Waals surface area (Å²) in [5.74, 6) is 1.51. The lowest BCUT2D eigenvalue weighted by molar-refractivity contribution is 0.205. The van der Waals surface area contributed by atoms with Crippen molar-refractivity contribution in [3.05, 3.63) is 28.8 Å². The first-order chi connectivity index (χ1) is 9.42. The van der Waals surface area contributed by atoms with Gasteiger partial charge in [0.1, 0.15) is 5.75 Å². The van der Waals surface area contributed by atoms with E-state index in [1.165, 1.54) is 5.56 Å². The zero-order chi connectivity index (χ0) is 15.2. The van der Waals surface area contributed by atoms with Gasteiger partial charge in [0.2, 0.25) is 0 Å². The maximum absolute atomic E-state index is 6.14. The topological polar surface area (TPSA) is 21.3 Å². The van der Waals surface area contributed by atoms with Gasteiger partial charge < -0.3 is 10.1 Å². The van der Waals surface area contributed by atoms with E-state index < -0.39 is 0 Å². The maximum Gasteiger partial charge on any atom is 0.122 e. The van der Waals surface area contributed by atoms with Crippen molar-refractivity contribution in [3.63, 3.8) is 0 Å². The predicted octanol–water partition coefficient (Wildman–Crippen LogP) is 4.55. The summed E-state index contributed by atoms with van der Waals surface area (Å²) >= 11 is 6.14. The Kier molecular flexibility index (Phi) is 6.84. The second-order valence-corrected chi connectivity index (χ2v) is 6.55. The molecule has 0 spiro atoms. The van der Waals surface area contributed by atoms with Crippen LogP contribution in [0.15, 0.2) is 18.2 Å². The van der Waals surface area contributed by atoms with Gasteiger partial charge in [-0.15, -0.1) is 0 Å². The minimum absolute atomic E-state index is 0.188. The molecular weight excluding hydrogens is 270 g/mol. The van der Waals surface area contributed by atoms with E-state index in [1.54, 1.807) is 7.11 Å². The van der Waals surface area contributed by atoms with Gasteiger partial charge in [0.25, 0.3) is 0 Å². The van der Waals surface area contributed by atoms with Crippen molar-refractivity contribution in [3.8, 4) is 5.75 Å². The molecule has 0 aliphatic heterocycles. The zero-order valence-electron chi connectivity index (χ0n) is 13.4. The second kappa shape index (κ2) is 7.90. The number of halogens is 1. The zero-order valence-corrected chi connectivity index (χ0v) is 14.2. The van der Waals surface area contributed by atoms with Gasteiger partial charge in [0, 0.05) is 11.6 Å². The number of hydrogen-bond acceptors (Lipinski definition) is 2. The average Bonchev–Trinajstić information content (AvgIpc) is 2.39. The van der Waals surface area contributed by atoms with Gasteiger partial charge >= 0.3 is 0 Å². The van der Waals surface area contributed by atoms with Gasteiger partial charge in [0.15, 0.2) is 0 Å². The minimum atomic E-state index is 0.188. The van der Waals surface area contributed by atoms with E-state index in [2.05, 4.69) is 33.0 Å². The van der Waals surface area contributed by atoms with Crippen LogP contribution in [0, 0.1) is 11.3 Å². The minimum Gasteiger partial charge on any atom is -0.496 e. The summed E-state index contributed by atoms with van der Waals surface area (Å²) in [6, 6.07) is 5.87. The average molecular weight is 298 g/mol. The summed E-state index contributed by atoms with van der Waals surface area (Å²) in [5, 5.41) is 4.33. The quantitative estimate of drug-likeness (QED) is 0.711. The maximum atomic E-state index is 6.14. The molecular formula is C17H28ClNO. The van der Waals surface area contributed by atoms with Crippen LogP contribution in [0.4, 0.5) is 0 Å². The first-order valence-electron chi connectivity index (χ1n) is 7.46. The van der Waals surface area contributed by atoms with E-state index in [9.17, 15) is 0 Å². The first kappa shape index (κ1) is 17.3. The van der Waals surface area contributed by atoms with Gasteiger partial charge in [-0.05, 0) is 54.5 Å². The molecule has 0 aliphatic rings. The second-order valence-electron chi connectivity index (χ2n) is 6.12. The standard InChI is InChI=1S/C17H28ClNO/c1-6-9-19-12-17(4,13(2)3)11-14-10-15(18)7-8-16(14)20-5/h7-8,10,13,19H,6,9,11-12H2,1-5H3. The summed E-state index contributed by atoms with van der Waals surface area (Å²) in [6.07, 6.45) is 2.12. The molecule has 1 aromatic rings. The van der Waals surface area contributed by atoms with Crippen molar-refractivity contribution in [1.82, 2.24) is 5.32 Å². The van der Waals surface area contributed by atoms with E-state index in [0.717, 1.165) is 36.7 Å². The Hall–Kier alpha value is -0.730. The largest absolute Gasteiger partial charge is 0.496 e. The molecule has 2 nitrogen and oxygen atoms in total. The monoisotopic (exact) mass is 297 g/mol. The molecule has 0 heterocycles. The van der Waals surface area contributed by atoms with Crippen LogP contribution in [0.2, 0.25) is 5.02 Å². The molecule has 0 fully saturated rings. The molecule has 1 aromatic carbocycles. The van der Waals surface area contributed by atoms with E-state index >= 15 is 0 Å². The van der Waals surface area contributed by atoms with Crippen molar-refractivity contribution >= 4 is 11.6 Å². The number of methoxy groups -OCH3 is 1. The molecule has 1 N–H and O–H groups in total. The molecule has 1 rings (SSSR count). The van der Waals surface area contributed by atoms with Crippen molar-refractivity contribution in [1.29, 1.82) is 0 Å². The van der Waals surface area contributed by atoms with Gasteiger partial charge in [-0.1, -0.05) is 39.3 Å². The van der Waals surface area contributed by atoms with E-state index in [-0.39, 0.29) is 5.41 Å². The Labute approximate surface area is 128 Å². The third kappa shape index (κ3) is 4.68. The van der Waals surface area contributed by atoms with Gasteiger partial charge in [0.05, 0.1) is 7.11 Å². The Morgan fingerprint density at radius 2 is 2.05 bits per heavy atom. The third-order valence-electron chi connectivity index (χ3n) is 4.19. The summed E-state index contributed by atoms with van der Waals surface area (Å²) in [4.78, 5) is 0. The molecule has 0 aliphatic carbocycles. The molecule has 3 heteroatoms. The highest BCUT2D eigenvalue weighted by molar-refractivity contribution is 6.30. The molecule has 0 aromatic heterocycles. The van der Waals surface area contributed by atoms with Crippen LogP contribution in [0.3, 0.4) is 0 Å². The Bertz CT molecular complexity index is 419. The van der Waals surface area contributed by atoms with E-state index in [0.29, 0.717) is 5.92 Å². The van der Waals surface area contributed by atoms with Crippen molar-refractivity contribution in [2.75, 3.05) is 20.2 Å². The predicted molar refractivity (Wildman–Crippen MR) is 87.8 cm³/mol. The highest BCUT2D eigenvalue weighted by Crippen LogP contribution is 2.35. The molecule has 0 bridgehead atoms. The van der Waals surface area contributed by atoms with Crippen LogP contribution in [0.5, 0.6) is 5.75 Å². The van der Waals surface area contributed by atoms with Crippen LogP contribution in [-0.2, 0) is 6.42 Å². The highest BCUT2D eigenvalue weighted by Gasteiger charge is 2.29. The molecule has 0 amide bonds. The highest BCUT2D eigenvalue weighted by atomic mass is 35.5. The summed E-state index contributed by atoms with van der Waals surface area (Å²) in [6.45, 7) is 11.2. The van der Waals surface area contributed by atoms with Crippen LogP contribution in [-0.4, -0.2) is 20.2 Å². The normalized spacial score (nSPS) is 14.3. The molecule has 0 saturated heterocycles. The fourth-order valence-corrected chi connectivity index (χ4v) is 2.54. The number of nitrogens with one attached hydrogen (secondary N) is 1. The van der Waals surface area contributed by atoms with E-state index in [4.69, 9.17) is 16.3 Å². The van der Waals surface area contributed by atoms with Gasteiger partial charge in [-0.25, -0.2) is 0 Å². The lowest BCUT2D eigenvalue weighted by atomic mass is 9.74. The van der Waals surface area contributed by atoms with Crippen LogP contribution >= 0.6 is 11.6 Å². The Morgan fingerprint density at radius 3 is 2.60 bits per heavy atom. The Balaban J connectivity index is 2.92. The molecule has 114 valence electrons. The van der Waals surface area contributed by atoms with Gasteiger partial charge in [-0.2, -0.15) is 0 Å².